The van der Waals surface area contributed by atoms with Crippen LogP contribution < -0.4 is 5.73 Å². The van der Waals surface area contributed by atoms with Crippen molar-refractivity contribution in [1.29, 1.82) is 0 Å². The maximum absolute atomic E-state index is 9.16. The van der Waals surface area contributed by atoms with Crippen LogP contribution in [0.15, 0.2) is 0 Å². The predicted molar refractivity (Wildman–Crippen MR) is 55.4 cm³/mol. The van der Waals surface area contributed by atoms with Crippen molar-refractivity contribution < 1.29 is 5.11 Å². The van der Waals surface area contributed by atoms with Gasteiger partial charge in [-0.3, -0.25) is 0 Å². The van der Waals surface area contributed by atoms with Gasteiger partial charge in [0.05, 0.1) is 0 Å². The van der Waals surface area contributed by atoms with Crippen LogP contribution in [-0.2, 0) is 0 Å². The third kappa shape index (κ3) is 3.65. The van der Waals surface area contributed by atoms with Crippen molar-refractivity contribution in [3.63, 3.8) is 0 Å². The topological polar surface area (TPSA) is 46.2 Å². The molecule has 1 saturated carbocycles. The Hall–Kier alpha value is -0.0800. The van der Waals surface area contributed by atoms with Crippen LogP contribution in [-0.4, -0.2) is 18.3 Å². The number of rotatable bonds is 3. The average molecular weight is 185 g/mol. The molecule has 1 unspecified atom stereocenters. The van der Waals surface area contributed by atoms with E-state index in [1.165, 1.54) is 44.9 Å². The number of hydrogen-bond acceptors (Lipinski definition) is 2. The van der Waals surface area contributed by atoms with Gasteiger partial charge in [0, 0.05) is 6.61 Å². The van der Waals surface area contributed by atoms with Crippen molar-refractivity contribution in [2.75, 3.05) is 13.2 Å². The van der Waals surface area contributed by atoms with E-state index in [9.17, 15) is 0 Å². The Bertz CT molecular complexity index is 115. The monoisotopic (exact) mass is 185 g/mol. The van der Waals surface area contributed by atoms with Crippen molar-refractivity contribution in [2.24, 2.45) is 17.6 Å². The molecule has 2 heteroatoms. The molecule has 13 heavy (non-hydrogen) atoms. The summed E-state index contributed by atoms with van der Waals surface area (Å²) in [5.41, 5.74) is 5.64. The lowest BCUT2D eigenvalue weighted by atomic mass is 9.82. The molecule has 0 aliphatic heterocycles. The summed E-state index contributed by atoms with van der Waals surface area (Å²) < 4.78 is 0. The second kappa shape index (κ2) is 6.39. The molecule has 1 rings (SSSR count). The highest BCUT2D eigenvalue weighted by Gasteiger charge is 2.19. The molecule has 0 amide bonds. The summed E-state index contributed by atoms with van der Waals surface area (Å²) in [5, 5.41) is 9.16. The lowest BCUT2D eigenvalue weighted by Crippen LogP contribution is -2.27. The van der Waals surface area contributed by atoms with E-state index in [0.29, 0.717) is 18.4 Å². The molecule has 1 aliphatic rings. The zero-order valence-corrected chi connectivity index (χ0v) is 8.54. The molecule has 1 aliphatic carbocycles. The Morgan fingerprint density at radius 2 is 1.62 bits per heavy atom. The van der Waals surface area contributed by atoms with Gasteiger partial charge in [-0.1, -0.05) is 44.9 Å². The predicted octanol–water partition coefficient (Wildman–Crippen LogP) is 1.91. The fourth-order valence-electron chi connectivity index (χ4n) is 2.38. The summed E-state index contributed by atoms with van der Waals surface area (Å²) in [7, 11) is 0. The maximum Gasteiger partial charge on any atom is 0.0473 e. The van der Waals surface area contributed by atoms with E-state index in [-0.39, 0.29) is 6.61 Å². The number of hydrogen-bond donors (Lipinski definition) is 2. The van der Waals surface area contributed by atoms with Crippen LogP contribution >= 0.6 is 0 Å². The van der Waals surface area contributed by atoms with Crippen molar-refractivity contribution in [3.8, 4) is 0 Å². The van der Waals surface area contributed by atoms with Crippen LogP contribution in [0.25, 0.3) is 0 Å². The van der Waals surface area contributed by atoms with Crippen LogP contribution in [0.1, 0.15) is 44.9 Å². The minimum atomic E-state index is 0.279. The van der Waals surface area contributed by atoms with E-state index < -0.39 is 0 Å². The molecule has 0 spiro atoms. The van der Waals surface area contributed by atoms with E-state index in [4.69, 9.17) is 10.8 Å². The molecule has 0 aromatic carbocycles. The van der Waals surface area contributed by atoms with Crippen LogP contribution in [0.5, 0.6) is 0 Å². The Morgan fingerprint density at radius 1 is 1.08 bits per heavy atom. The molecule has 1 fully saturated rings. The third-order valence-electron chi connectivity index (χ3n) is 3.35. The average Bonchev–Trinajstić information content (AvgIpc) is 2.09. The minimum absolute atomic E-state index is 0.279. The fraction of sp³-hybridized carbons (Fsp3) is 1.00. The van der Waals surface area contributed by atoms with Crippen molar-refractivity contribution in [2.45, 2.75) is 44.9 Å². The van der Waals surface area contributed by atoms with Gasteiger partial charge in [-0.15, -0.1) is 0 Å². The van der Waals surface area contributed by atoms with Gasteiger partial charge in [0.1, 0.15) is 0 Å². The highest BCUT2D eigenvalue weighted by Crippen LogP contribution is 2.27. The van der Waals surface area contributed by atoms with Crippen LogP contribution in [0.4, 0.5) is 0 Å². The number of nitrogens with two attached hydrogens (primary N) is 1. The van der Waals surface area contributed by atoms with Crippen molar-refractivity contribution >= 4 is 0 Å². The molecule has 0 bridgehead atoms. The molecule has 0 aromatic heterocycles. The van der Waals surface area contributed by atoms with Crippen LogP contribution in [0, 0.1) is 11.8 Å². The zero-order valence-electron chi connectivity index (χ0n) is 8.54. The first-order chi connectivity index (χ1) is 6.38. The Labute approximate surface area is 81.5 Å². The maximum atomic E-state index is 9.16. The van der Waals surface area contributed by atoms with Gasteiger partial charge >= 0.3 is 0 Å². The van der Waals surface area contributed by atoms with E-state index in [1.807, 2.05) is 0 Å². The molecule has 0 saturated heterocycles. The SMILES string of the molecule is NCC(CO)C1CCCCCCC1. The summed E-state index contributed by atoms with van der Waals surface area (Å²) in [6, 6.07) is 0. The Balaban J connectivity index is 2.35. The summed E-state index contributed by atoms with van der Waals surface area (Å²) in [6.45, 7) is 0.933. The van der Waals surface area contributed by atoms with Crippen LogP contribution in [0.3, 0.4) is 0 Å². The summed E-state index contributed by atoms with van der Waals surface area (Å²) >= 11 is 0. The zero-order chi connectivity index (χ0) is 9.52. The second-order valence-electron chi connectivity index (χ2n) is 4.28. The molecule has 1 atom stereocenters. The van der Waals surface area contributed by atoms with Crippen molar-refractivity contribution in [1.82, 2.24) is 0 Å². The van der Waals surface area contributed by atoms with E-state index in [2.05, 4.69) is 0 Å². The van der Waals surface area contributed by atoms with Gasteiger partial charge in [-0.2, -0.15) is 0 Å². The Kier molecular flexibility index (Phi) is 5.40. The molecular weight excluding hydrogens is 162 g/mol. The minimum Gasteiger partial charge on any atom is -0.396 e. The Morgan fingerprint density at radius 3 is 2.08 bits per heavy atom. The van der Waals surface area contributed by atoms with Gasteiger partial charge in [0.2, 0.25) is 0 Å². The van der Waals surface area contributed by atoms with E-state index >= 15 is 0 Å². The highest BCUT2D eigenvalue weighted by molar-refractivity contribution is 4.72. The molecule has 0 radical (unpaired) electrons. The summed E-state index contributed by atoms with van der Waals surface area (Å²) in [4.78, 5) is 0. The summed E-state index contributed by atoms with van der Waals surface area (Å²) in [5.74, 6) is 1.05. The summed E-state index contributed by atoms with van der Waals surface area (Å²) in [6.07, 6.45) is 9.38. The first-order valence-corrected chi connectivity index (χ1v) is 5.69. The van der Waals surface area contributed by atoms with E-state index in [0.717, 1.165) is 0 Å². The van der Waals surface area contributed by atoms with Crippen LogP contribution in [0.2, 0.25) is 0 Å². The quantitative estimate of drug-likeness (QED) is 0.705. The van der Waals surface area contributed by atoms with Gasteiger partial charge < -0.3 is 10.8 Å². The lowest BCUT2D eigenvalue weighted by molar-refractivity contribution is 0.160. The fourth-order valence-corrected chi connectivity index (χ4v) is 2.38. The number of aliphatic hydroxyl groups excluding tert-OH is 1. The van der Waals surface area contributed by atoms with Gasteiger partial charge in [-0.05, 0) is 18.4 Å². The molecular formula is C11H23NO. The van der Waals surface area contributed by atoms with Gasteiger partial charge in [0.25, 0.3) is 0 Å². The lowest BCUT2D eigenvalue weighted by Gasteiger charge is -2.26. The third-order valence-corrected chi connectivity index (χ3v) is 3.35. The first kappa shape index (κ1) is 11.0. The van der Waals surface area contributed by atoms with Gasteiger partial charge in [0.15, 0.2) is 0 Å². The number of aliphatic hydroxyl groups is 1. The highest BCUT2D eigenvalue weighted by atomic mass is 16.3. The molecule has 2 nitrogen and oxygen atoms in total. The molecule has 0 heterocycles. The first-order valence-electron chi connectivity index (χ1n) is 5.69. The standard InChI is InChI=1S/C11H23NO/c12-8-11(9-13)10-6-4-2-1-3-5-7-10/h10-11,13H,1-9,12H2. The van der Waals surface area contributed by atoms with E-state index in [1.54, 1.807) is 0 Å². The van der Waals surface area contributed by atoms with Gasteiger partial charge in [-0.25, -0.2) is 0 Å². The van der Waals surface area contributed by atoms with Crippen molar-refractivity contribution in [3.05, 3.63) is 0 Å². The molecule has 78 valence electrons. The normalized spacial score (nSPS) is 23.5. The largest absolute Gasteiger partial charge is 0.396 e. The second-order valence-corrected chi connectivity index (χ2v) is 4.28. The molecule has 3 N–H and O–H groups in total. The smallest absolute Gasteiger partial charge is 0.0473 e. The molecule has 0 aromatic rings.